The van der Waals surface area contributed by atoms with E-state index in [4.69, 9.17) is 9.72 Å². The number of imidazole rings is 1. The number of esters is 1. The minimum Gasteiger partial charge on any atom is -0.465 e. The fourth-order valence-corrected chi connectivity index (χ4v) is 4.69. The molecule has 2 aliphatic rings. The number of H-pyrrole nitrogens is 1. The second-order valence-corrected chi connectivity index (χ2v) is 8.28. The molecule has 0 bridgehead atoms. The molecule has 1 N–H and O–H groups in total. The average Bonchev–Trinajstić information content (AvgIpc) is 3.39. The summed E-state index contributed by atoms with van der Waals surface area (Å²) in [6.07, 6.45) is 1.93. The molecule has 8 heteroatoms. The first-order chi connectivity index (χ1) is 15.5. The van der Waals surface area contributed by atoms with Gasteiger partial charge in [-0.1, -0.05) is 12.1 Å². The molecule has 164 valence electrons. The van der Waals surface area contributed by atoms with Gasteiger partial charge in [-0.3, -0.25) is 14.5 Å². The zero-order chi connectivity index (χ0) is 22.2. The largest absolute Gasteiger partial charge is 0.465 e. The van der Waals surface area contributed by atoms with Crippen LogP contribution in [-0.4, -0.2) is 58.9 Å². The third-order valence-electron chi connectivity index (χ3n) is 6.43. The molecule has 2 amide bonds. The molecule has 0 aliphatic carbocycles. The van der Waals surface area contributed by atoms with Crippen LogP contribution in [0.3, 0.4) is 0 Å². The lowest BCUT2D eigenvalue weighted by Crippen LogP contribution is -2.45. The van der Waals surface area contributed by atoms with Crippen molar-refractivity contribution in [3.05, 3.63) is 59.9 Å². The van der Waals surface area contributed by atoms with E-state index in [2.05, 4.69) is 9.88 Å². The van der Waals surface area contributed by atoms with Crippen molar-refractivity contribution in [3.63, 3.8) is 0 Å². The maximum Gasteiger partial charge on any atom is 0.337 e. The molecule has 2 aliphatic heterocycles. The SMILES string of the molecule is COC(=O)c1ccc(N2C(=O)C[C@@H](N3CCC(c4nc5ccccc5[nH]4)CC3)C2=O)cc1. The van der Waals surface area contributed by atoms with Crippen LogP contribution in [0.5, 0.6) is 0 Å². The first-order valence-electron chi connectivity index (χ1n) is 10.8. The Morgan fingerprint density at radius 3 is 2.47 bits per heavy atom. The number of likely N-dealkylation sites (tertiary alicyclic amines) is 1. The molecule has 1 atom stereocenters. The van der Waals surface area contributed by atoms with Gasteiger partial charge in [0.25, 0.3) is 5.91 Å². The molecule has 5 rings (SSSR count). The van der Waals surface area contributed by atoms with Gasteiger partial charge in [0, 0.05) is 5.92 Å². The Kier molecular flexibility index (Phi) is 5.22. The summed E-state index contributed by atoms with van der Waals surface area (Å²) in [4.78, 5) is 48.9. The molecule has 3 heterocycles. The third-order valence-corrected chi connectivity index (χ3v) is 6.43. The lowest BCUT2D eigenvalue weighted by molar-refractivity contribution is -0.123. The number of nitrogens with zero attached hydrogens (tertiary/aromatic N) is 3. The maximum atomic E-state index is 13.1. The van der Waals surface area contributed by atoms with Gasteiger partial charge >= 0.3 is 5.97 Å². The van der Waals surface area contributed by atoms with E-state index in [1.165, 1.54) is 12.0 Å². The van der Waals surface area contributed by atoms with E-state index in [0.717, 1.165) is 42.8 Å². The summed E-state index contributed by atoms with van der Waals surface area (Å²) in [7, 11) is 1.31. The summed E-state index contributed by atoms with van der Waals surface area (Å²) in [5, 5.41) is 0. The van der Waals surface area contributed by atoms with Crippen LogP contribution >= 0.6 is 0 Å². The van der Waals surface area contributed by atoms with E-state index in [1.54, 1.807) is 24.3 Å². The van der Waals surface area contributed by atoms with E-state index in [9.17, 15) is 14.4 Å². The minimum absolute atomic E-state index is 0.174. The predicted octanol–water partition coefficient (Wildman–Crippen LogP) is 2.86. The second-order valence-electron chi connectivity index (χ2n) is 8.28. The smallest absolute Gasteiger partial charge is 0.337 e. The minimum atomic E-state index is -0.458. The molecular formula is C24H24N4O4. The molecule has 0 radical (unpaired) electrons. The Morgan fingerprint density at radius 1 is 1.06 bits per heavy atom. The second kappa shape index (κ2) is 8.20. The van der Waals surface area contributed by atoms with Gasteiger partial charge < -0.3 is 9.72 Å². The highest BCUT2D eigenvalue weighted by Crippen LogP contribution is 2.32. The summed E-state index contributed by atoms with van der Waals surface area (Å²) >= 11 is 0. The lowest BCUT2D eigenvalue weighted by atomic mass is 9.95. The molecule has 3 aromatic rings. The van der Waals surface area contributed by atoms with E-state index in [0.29, 0.717) is 17.2 Å². The topological polar surface area (TPSA) is 95.6 Å². The third kappa shape index (κ3) is 3.56. The normalized spacial score (nSPS) is 20.3. The number of aromatic amines is 1. The van der Waals surface area contributed by atoms with Crippen molar-refractivity contribution in [3.8, 4) is 0 Å². The molecule has 1 aromatic heterocycles. The number of fused-ring (bicyclic) bond motifs is 1. The van der Waals surface area contributed by atoms with Crippen LogP contribution in [0.1, 0.15) is 41.4 Å². The zero-order valence-corrected chi connectivity index (χ0v) is 17.8. The van der Waals surface area contributed by atoms with E-state index in [-0.39, 0.29) is 18.2 Å². The number of piperidine rings is 1. The highest BCUT2D eigenvalue weighted by molar-refractivity contribution is 6.22. The average molecular weight is 432 g/mol. The van der Waals surface area contributed by atoms with Gasteiger partial charge in [-0.2, -0.15) is 0 Å². The number of ether oxygens (including phenoxy) is 1. The van der Waals surface area contributed by atoms with Crippen molar-refractivity contribution in [2.24, 2.45) is 0 Å². The number of methoxy groups -OCH3 is 1. The van der Waals surface area contributed by atoms with Crippen LogP contribution in [0.4, 0.5) is 5.69 Å². The number of benzene rings is 2. The number of rotatable bonds is 4. The van der Waals surface area contributed by atoms with Gasteiger partial charge in [-0.05, 0) is 62.3 Å². The number of anilines is 1. The standard InChI is InChI=1S/C24H24N4O4/c1-32-24(31)16-6-8-17(9-7-16)28-21(29)14-20(23(28)30)27-12-10-15(11-13-27)22-25-18-4-2-3-5-19(18)26-22/h2-9,15,20H,10-14H2,1H3,(H,25,26)/t20-/m1/s1. The van der Waals surface area contributed by atoms with E-state index < -0.39 is 12.0 Å². The number of para-hydroxylation sites is 2. The van der Waals surface area contributed by atoms with Crippen molar-refractivity contribution in [2.45, 2.75) is 31.2 Å². The lowest BCUT2D eigenvalue weighted by Gasteiger charge is -2.34. The Labute approximate surface area is 185 Å². The van der Waals surface area contributed by atoms with Crippen LogP contribution in [0.15, 0.2) is 48.5 Å². The van der Waals surface area contributed by atoms with Crippen LogP contribution < -0.4 is 4.90 Å². The number of amides is 2. The summed E-state index contributed by atoms with van der Waals surface area (Å²) in [5.74, 6) is 0.425. The maximum absolute atomic E-state index is 13.1. The monoisotopic (exact) mass is 432 g/mol. The molecule has 2 saturated heterocycles. The van der Waals surface area contributed by atoms with Crippen LogP contribution in [-0.2, 0) is 14.3 Å². The van der Waals surface area contributed by atoms with Gasteiger partial charge in [0.05, 0.1) is 41.9 Å². The van der Waals surface area contributed by atoms with Gasteiger partial charge in [0.1, 0.15) is 5.82 Å². The molecule has 2 fully saturated rings. The number of carbonyl (C=O) groups excluding carboxylic acids is 3. The van der Waals surface area contributed by atoms with Crippen molar-refractivity contribution >= 4 is 34.5 Å². The Morgan fingerprint density at radius 2 is 1.78 bits per heavy atom. The van der Waals surface area contributed by atoms with Gasteiger partial charge in [0.2, 0.25) is 5.91 Å². The summed E-state index contributed by atoms with van der Waals surface area (Å²) in [6.45, 7) is 1.47. The number of hydrogen-bond acceptors (Lipinski definition) is 6. The Bertz CT molecular complexity index is 1150. The van der Waals surface area contributed by atoms with Crippen LogP contribution in [0, 0.1) is 0 Å². The summed E-state index contributed by atoms with van der Waals surface area (Å²) in [6, 6.07) is 13.9. The predicted molar refractivity (Wildman–Crippen MR) is 118 cm³/mol. The number of carbonyl (C=O) groups is 3. The van der Waals surface area contributed by atoms with Crippen molar-refractivity contribution in [1.29, 1.82) is 0 Å². The number of aromatic nitrogens is 2. The van der Waals surface area contributed by atoms with Crippen LogP contribution in [0.2, 0.25) is 0 Å². The van der Waals surface area contributed by atoms with E-state index >= 15 is 0 Å². The van der Waals surface area contributed by atoms with Crippen LogP contribution in [0.25, 0.3) is 11.0 Å². The highest BCUT2D eigenvalue weighted by atomic mass is 16.5. The first-order valence-corrected chi connectivity index (χ1v) is 10.8. The Hall–Kier alpha value is -3.52. The number of nitrogens with one attached hydrogen (secondary N) is 1. The molecule has 2 aromatic carbocycles. The molecule has 0 unspecified atom stereocenters. The molecule has 0 spiro atoms. The fraction of sp³-hybridized carbons (Fsp3) is 0.333. The van der Waals surface area contributed by atoms with Gasteiger partial charge in [-0.25, -0.2) is 14.7 Å². The van der Waals surface area contributed by atoms with E-state index in [1.807, 2.05) is 24.3 Å². The molecule has 32 heavy (non-hydrogen) atoms. The summed E-state index contributed by atoms with van der Waals surface area (Å²) in [5.41, 5.74) is 2.86. The van der Waals surface area contributed by atoms with Crippen molar-refractivity contribution < 1.29 is 19.1 Å². The Balaban J connectivity index is 1.26. The first kappa shape index (κ1) is 20.4. The molecular weight excluding hydrogens is 408 g/mol. The summed E-state index contributed by atoms with van der Waals surface area (Å²) < 4.78 is 4.70. The zero-order valence-electron chi connectivity index (χ0n) is 17.8. The highest BCUT2D eigenvalue weighted by Gasteiger charge is 2.43. The number of hydrogen-bond donors (Lipinski definition) is 1. The van der Waals surface area contributed by atoms with Gasteiger partial charge in [0.15, 0.2) is 0 Å². The molecule has 0 saturated carbocycles. The van der Waals surface area contributed by atoms with Gasteiger partial charge in [-0.15, -0.1) is 0 Å². The molecule has 8 nitrogen and oxygen atoms in total. The van der Waals surface area contributed by atoms with Crippen molar-refractivity contribution in [2.75, 3.05) is 25.1 Å². The fourth-order valence-electron chi connectivity index (χ4n) is 4.69. The quantitative estimate of drug-likeness (QED) is 0.503. The number of imide groups is 1. The van der Waals surface area contributed by atoms with Crippen molar-refractivity contribution in [1.82, 2.24) is 14.9 Å².